The fourth-order valence-corrected chi connectivity index (χ4v) is 2.38. The summed E-state index contributed by atoms with van der Waals surface area (Å²) in [6.07, 6.45) is 3.25. The van der Waals surface area contributed by atoms with Gasteiger partial charge in [0.25, 0.3) is 0 Å². The maximum Gasteiger partial charge on any atom is 0.126 e. The smallest absolute Gasteiger partial charge is 0.126 e. The normalized spacial score (nSPS) is 12.2. The van der Waals surface area contributed by atoms with Gasteiger partial charge in [0.2, 0.25) is 0 Å². The van der Waals surface area contributed by atoms with Gasteiger partial charge in [-0.3, -0.25) is 4.68 Å². The first-order valence-corrected chi connectivity index (χ1v) is 6.56. The van der Waals surface area contributed by atoms with Gasteiger partial charge in [0.1, 0.15) is 5.75 Å². The summed E-state index contributed by atoms with van der Waals surface area (Å²) in [7, 11) is 5.51. The predicted octanol–water partition coefficient (Wildman–Crippen LogP) is 2.12. The standard InChI is InChI=1S/C15H21N3O2/c1-11(19)15-13(6-5-7-14(15)20-4)17(2)9-12-8-16-18(3)10-12/h5-8,10-11,19H,9H2,1-4H3/t11-/m1/s1. The van der Waals surface area contributed by atoms with Crippen LogP contribution in [0.15, 0.2) is 30.6 Å². The zero-order valence-corrected chi connectivity index (χ0v) is 12.4. The molecule has 0 aliphatic rings. The Bertz CT molecular complexity index is 578. The number of aromatic nitrogens is 2. The average Bonchev–Trinajstić information content (AvgIpc) is 2.82. The molecule has 0 aliphatic heterocycles. The van der Waals surface area contributed by atoms with Crippen LogP contribution in [0.1, 0.15) is 24.2 Å². The van der Waals surface area contributed by atoms with Crippen LogP contribution in [0.25, 0.3) is 0 Å². The molecule has 0 radical (unpaired) electrons. The van der Waals surface area contributed by atoms with Crippen LogP contribution in [0.2, 0.25) is 0 Å². The SMILES string of the molecule is COc1cccc(N(C)Cc2cnn(C)c2)c1[C@@H](C)O. The van der Waals surface area contributed by atoms with E-state index in [4.69, 9.17) is 4.74 Å². The molecule has 0 amide bonds. The number of rotatable bonds is 5. The number of aliphatic hydroxyl groups is 1. The highest BCUT2D eigenvalue weighted by Gasteiger charge is 2.17. The van der Waals surface area contributed by atoms with E-state index in [-0.39, 0.29) is 0 Å². The lowest BCUT2D eigenvalue weighted by Gasteiger charge is -2.24. The molecular weight excluding hydrogens is 254 g/mol. The molecule has 5 heteroatoms. The first-order chi connectivity index (χ1) is 9.52. The highest BCUT2D eigenvalue weighted by molar-refractivity contribution is 5.60. The van der Waals surface area contributed by atoms with Crippen LogP contribution >= 0.6 is 0 Å². The minimum absolute atomic E-state index is 0.586. The fourth-order valence-electron chi connectivity index (χ4n) is 2.38. The summed E-state index contributed by atoms with van der Waals surface area (Å²) in [5.74, 6) is 0.704. The maximum absolute atomic E-state index is 10.0. The van der Waals surface area contributed by atoms with Crippen molar-refractivity contribution in [2.45, 2.75) is 19.6 Å². The van der Waals surface area contributed by atoms with Crippen molar-refractivity contribution in [3.8, 4) is 5.75 Å². The van der Waals surface area contributed by atoms with Crippen molar-refractivity contribution in [3.63, 3.8) is 0 Å². The molecule has 108 valence electrons. The number of aryl methyl sites for hydroxylation is 1. The maximum atomic E-state index is 10.0. The molecule has 20 heavy (non-hydrogen) atoms. The highest BCUT2D eigenvalue weighted by Crippen LogP contribution is 2.34. The largest absolute Gasteiger partial charge is 0.496 e. The van der Waals surface area contributed by atoms with E-state index in [0.717, 1.165) is 23.4 Å². The number of benzene rings is 1. The molecular formula is C15H21N3O2. The van der Waals surface area contributed by atoms with Gasteiger partial charge >= 0.3 is 0 Å². The molecule has 0 bridgehead atoms. The molecule has 0 saturated heterocycles. The third-order valence-electron chi connectivity index (χ3n) is 3.27. The van der Waals surface area contributed by atoms with Crippen LogP contribution in [0.4, 0.5) is 5.69 Å². The summed E-state index contributed by atoms with van der Waals surface area (Å²) in [4.78, 5) is 2.08. The second kappa shape index (κ2) is 5.96. The van der Waals surface area contributed by atoms with Crippen molar-refractivity contribution in [1.29, 1.82) is 0 Å². The number of hydrogen-bond acceptors (Lipinski definition) is 4. The predicted molar refractivity (Wildman–Crippen MR) is 78.9 cm³/mol. The van der Waals surface area contributed by atoms with Crippen molar-refractivity contribution in [2.24, 2.45) is 7.05 Å². The van der Waals surface area contributed by atoms with Gasteiger partial charge in [-0.15, -0.1) is 0 Å². The van der Waals surface area contributed by atoms with Gasteiger partial charge in [0, 0.05) is 43.7 Å². The molecule has 0 saturated carbocycles. The van der Waals surface area contributed by atoms with E-state index in [1.807, 2.05) is 44.7 Å². The van der Waals surface area contributed by atoms with E-state index in [1.54, 1.807) is 18.7 Å². The quantitative estimate of drug-likeness (QED) is 0.908. The lowest BCUT2D eigenvalue weighted by molar-refractivity contribution is 0.194. The Morgan fingerprint density at radius 1 is 1.45 bits per heavy atom. The van der Waals surface area contributed by atoms with Crippen molar-refractivity contribution >= 4 is 5.69 Å². The second-order valence-electron chi connectivity index (χ2n) is 4.95. The molecule has 0 spiro atoms. The molecule has 1 aromatic carbocycles. The van der Waals surface area contributed by atoms with E-state index in [2.05, 4.69) is 10.00 Å². The zero-order chi connectivity index (χ0) is 14.7. The molecule has 2 rings (SSSR count). The van der Waals surface area contributed by atoms with Crippen LogP contribution in [-0.2, 0) is 13.6 Å². The number of nitrogens with zero attached hydrogens (tertiary/aromatic N) is 3. The molecule has 1 heterocycles. The molecule has 1 N–H and O–H groups in total. The van der Waals surface area contributed by atoms with Crippen molar-refractivity contribution in [3.05, 3.63) is 41.7 Å². The van der Waals surface area contributed by atoms with E-state index in [9.17, 15) is 5.11 Å². The van der Waals surface area contributed by atoms with Crippen LogP contribution in [0, 0.1) is 0 Å². The van der Waals surface area contributed by atoms with Crippen molar-refractivity contribution in [1.82, 2.24) is 9.78 Å². The first-order valence-electron chi connectivity index (χ1n) is 6.56. The molecule has 2 aromatic rings. The van der Waals surface area contributed by atoms with Gasteiger partial charge in [-0.25, -0.2) is 0 Å². The minimum Gasteiger partial charge on any atom is -0.496 e. The van der Waals surface area contributed by atoms with E-state index < -0.39 is 6.10 Å². The zero-order valence-electron chi connectivity index (χ0n) is 12.4. The molecule has 0 aliphatic carbocycles. The third kappa shape index (κ3) is 2.93. The average molecular weight is 275 g/mol. The van der Waals surface area contributed by atoms with Gasteiger partial charge in [0.05, 0.1) is 19.4 Å². The Balaban J connectivity index is 2.31. The lowest BCUT2D eigenvalue weighted by Crippen LogP contribution is -2.18. The van der Waals surface area contributed by atoms with Crippen LogP contribution in [0.5, 0.6) is 5.75 Å². The number of aliphatic hydroxyl groups excluding tert-OH is 1. The Kier molecular flexibility index (Phi) is 4.29. The van der Waals surface area contributed by atoms with Gasteiger partial charge in [-0.1, -0.05) is 6.07 Å². The van der Waals surface area contributed by atoms with Crippen LogP contribution in [-0.4, -0.2) is 29.0 Å². The molecule has 1 atom stereocenters. The molecule has 0 unspecified atom stereocenters. The van der Waals surface area contributed by atoms with Gasteiger partial charge in [-0.2, -0.15) is 5.10 Å². The summed E-state index contributed by atoms with van der Waals surface area (Å²) < 4.78 is 7.13. The summed E-state index contributed by atoms with van der Waals surface area (Å²) in [6, 6.07) is 5.78. The summed E-state index contributed by atoms with van der Waals surface area (Å²) in [5.41, 5.74) is 2.89. The van der Waals surface area contributed by atoms with E-state index >= 15 is 0 Å². The third-order valence-corrected chi connectivity index (χ3v) is 3.27. The van der Waals surface area contributed by atoms with Crippen molar-refractivity contribution in [2.75, 3.05) is 19.1 Å². The second-order valence-corrected chi connectivity index (χ2v) is 4.95. The fraction of sp³-hybridized carbons (Fsp3) is 0.400. The molecule has 5 nitrogen and oxygen atoms in total. The van der Waals surface area contributed by atoms with Gasteiger partial charge in [-0.05, 0) is 19.1 Å². The van der Waals surface area contributed by atoms with Gasteiger partial charge < -0.3 is 14.7 Å². The monoisotopic (exact) mass is 275 g/mol. The highest BCUT2D eigenvalue weighted by atomic mass is 16.5. The molecule has 0 fully saturated rings. The van der Waals surface area contributed by atoms with Gasteiger partial charge in [0.15, 0.2) is 0 Å². The summed E-state index contributed by atoms with van der Waals surface area (Å²) in [6.45, 7) is 2.47. The Morgan fingerprint density at radius 3 is 2.75 bits per heavy atom. The number of ether oxygens (including phenoxy) is 1. The Labute approximate surface area is 119 Å². The molecule has 1 aromatic heterocycles. The summed E-state index contributed by atoms with van der Waals surface area (Å²) in [5, 5.41) is 14.2. The van der Waals surface area contributed by atoms with Crippen LogP contribution < -0.4 is 9.64 Å². The summed E-state index contributed by atoms with van der Waals surface area (Å²) >= 11 is 0. The number of hydrogen-bond donors (Lipinski definition) is 1. The van der Waals surface area contributed by atoms with Crippen molar-refractivity contribution < 1.29 is 9.84 Å². The Morgan fingerprint density at radius 2 is 2.20 bits per heavy atom. The topological polar surface area (TPSA) is 50.5 Å². The number of anilines is 1. The Hall–Kier alpha value is -2.01. The van der Waals surface area contributed by atoms with E-state index in [1.165, 1.54) is 0 Å². The first kappa shape index (κ1) is 14.4. The van der Waals surface area contributed by atoms with E-state index in [0.29, 0.717) is 5.75 Å². The van der Waals surface area contributed by atoms with Crippen LogP contribution in [0.3, 0.4) is 0 Å². The lowest BCUT2D eigenvalue weighted by atomic mass is 10.1. The minimum atomic E-state index is -0.586. The number of methoxy groups -OCH3 is 1.